The lowest BCUT2D eigenvalue weighted by Gasteiger charge is -2.11. The maximum absolute atomic E-state index is 4.58. The molecule has 0 bridgehead atoms. The molecule has 0 aliphatic carbocycles. The van der Waals surface area contributed by atoms with Gasteiger partial charge in [-0.1, -0.05) is 41.5 Å². The molecule has 18 heavy (non-hydrogen) atoms. The van der Waals surface area contributed by atoms with Gasteiger partial charge < -0.3 is 5.32 Å². The highest BCUT2D eigenvalue weighted by molar-refractivity contribution is 9.10. The average Bonchev–Trinajstić information content (AvgIpc) is 2.62. The monoisotopic (exact) mass is 326 g/mol. The Balaban J connectivity index is 1.95. The summed E-state index contributed by atoms with van der Waals surface area (Å²) in [7, 11) is 0. The molecule has 4 heteroatoms. The lowest BCUT2D eigenvalue weighted by Crippen LogP contribution is -2.09. The zero-order valence-electron chi connectivity index (χ0n) is 11.0. The third kappa shape index (κ3) is 4.02. The van der Waals surface area contributed by atoms with E-state index in [0.717, 1.165) is 27.8 Å². The minimum Gasteiger partial charge on any atom is -0.335 e. The van der Waals surface area contributed by atoms with E-state index in [-0.39, 0.29) is 0 Å². The first-order valence-corrected chi connectivity index (χ1v) is 7.95. The number of aryl methyl sites for hydroxylation is 1. The van der Waals surface area contributed by atoms with Crippen molar-refractivity contribution < 1.29 is 0 Å². The molecule has 1 aliphatic heterocycles. The van der Waals surface area contributed by atoms with Crippen LogP contribution in [0, 0.1) is 12.8 Å². The van der Waals surface area contributed by atoms with Crippen molar-refractivity contribution in [1.82, 2.24) is 0 Å². The number of rotatable bonds is 3. The quantitative estimate of drug-likeness (QED) is 0.871. The van der Waals surface area contributed by atoms with Crippen molar-refractivity contribution in [3.8, 4) is 0 Å². The van der Waals surface area contributed by atoms with Crippen LogP contribution < -0.4 is 5.32 Å². The Morgan fingerprint density at radius 3 is 2.89 bits per heavy atom. The van der Waals surface area contributed by atoms with Crippen LogP contribution in [-0.4, -0.2) is 17.0 Å². The highest BCUT2D eigenvalue weighted by Gasteiger charge is 2.20. The maximum atomic E-state index is 4.58. The summed E-state index contributed by atoms with van der Waals surface area (Å²) < 4.78 is 1.10. The second-order valence-electron chi connectivity index (χ2n) is 5.16. The Kier molecular flexibility index (Phi) is 4.73. The van der Waals surface area contributed by atoms with E-state index in [4.69, 9.17) is 0 Å². The summed E-state index contributed by atoms with van der Waals surface area (Å²) >= 11 is 5.39. The van der Waals surface area contributed by atoms with E-state index in [9.17, 15) is 0 Å². The Hall–Kier alpha value is -0.480. The second-order valence-corrected chi connectivity index (χ2v) is 7.36. The van der Waals surface area contributed by atoms with Crippen LogP contribution in [0.2, 0.25) is 0 Å². The summed E-state index contributed by atoms with van der Waals surface area (Å²) in [5.74, 6) is 0.741. The smallest absolute Gasteiger partial charge is 0.161 e. The summed E-state index contributed by atoms with van der Waals surface area (Å²) in [4.78, 5) is 4.58. The Labute approximate surface area is 122 Å². The molecule has 1 atom stereocenters. The highest BCUT2D eigenvalue weighted by Crippen LogP contribution is 2.28. The number of hydrogen-bond acceptors (Lipinski definition) is 3. The molecule has 2 rings (SSSR count). The maximum Gasteiger partial charge on any atom is 0.161 e. The third-order valence-corrected chi connectivity index (χ3v) is 4.33. The van der Waals surface area contributed by atoms with E-state index < -0.39 is 0 Å². The molecule has 1 aromatic carbocycles. The van der Waals surface area contributed by atoms with E-state index in [0.29, 0.717) is 5.25 Å². The minimum absolute atomic E-state index is 0.640. The van der Waals surface area contributed by atoms with E-state index in [2.05, 4.69) is 65.2 Å². The molecule has 98 valence electrons. The number of hydrogen-bond donors (Lipinski definition) is 1. The number of nitrogens with zero attached hydrogens (tertiary/aromatic N) is 1. The lowest BCUT2D eigenvalue weighted by atomic mass is 10.1. The zero-order valence-corrected chi connectivity index (χ0v) is 13.4. The van der Waals surface area contributed by atoms with Crippen LogP contribution in [0.1, 0.15) is 25.8 Å². The summed E-state index contributed by atoms with van der Waals surface area (Å²) in [6.07, 6.45) is 1.23. The van der Waals surface area contributed by atoms with Gasteiger partial charge in [-0.05, 0) is 43.0 Å². The van der Waals surface area contributed by atoms with Gasteiger partial charge in [-0.25, -0.2) is 0 Å². The van der Waals surface area contributed by atoms with Crippen LogP contribution in [0.3, 0.4) is 0 Å². The molecule has 0 amide bonds. The van der Waals surface area contributed by atoms with Crippen LogP contribution in [-0.2, 0) is 0 Å². The topological polar surface area (TPSA) is 24.4 Å². The van der Waals surface area contributed by atoms with Crippen LogP contribution >= 0.6 is 27.7 Å². The van der Waals surface area contributed by atoms with Crippen LogP contribution in [0.4, 0.5) is 5.69 Å². The lowest BCUT2D eigenvalue weighted by molar-refractivity contribution is 0.575. The van der Waals surface area contributed by atoms with Gasteiger partial charge in [-0.15, -0.1) is 0 Å². The largest absolute Gasteiger partial charge is 0.335 e. The van der Waals surface area contributed by atoms with E-state index >= 15 is 0 Å². The molecular weight excluding hydrogens is 308 g/mol. The van der Waals surface area contributed by atoms with E-state index in [1.165, 1.54) is 12.0 Å². The Morgan fingerprint density at radius 2 is 2.22 bits per heavy atom. The number of amidine groups is 1. The number of halogens is 1. The minimum atomic E-state index is 0.640. The van der Waals surface area contributed by atoms with Gasteiger partial charge in [0, 0.05) is 15.4 Å². The molecule has 0 spiro atoms. The number of anilines is 1. The molecule has 1 aromatic rings. The van der Waals surface area contributed by atoms with Crippen molar-refractivity contribution in [1.29, 1.82) is 0 Å². The summed E-state index contributed by atoms with van der Waals surface area (Å²) in [6.45, 7) is 7.58. The standard InChI is InChI=1S/C14H19BrN2S/c1-9(2)4-13-8-16-14(18-13)17-12-6-10(3)5-11(15)7-12/h5-7,9,13H,4,8H2,1-3H3,(H,16,17). The molecule has 0 saturated heterocycles. The van der Waals surface area contributed by atoms with Gasteiger partial charge in [0.05, 0.1) is 6.54 Å². The first-order valence-electron chi connectivity index (χ1n) is 6.28. The fraction of sp³-hybridized carbons (Fsp3) is 0.500. The number of nitrogens with one attached hydrogen (secondary N) is 1. The first kappa shape index (κ1) is 13.9. The van der Waals surface area contributed by atoms with E-state index in [1.54, 1.807) is 0 Å². The molecule has 1 N–H and O–H groups in total. The van der Waals surface area contributed by atoms with Crippen LogP contribution in [0.15, 0.2) is 27.7 Å². The van der Waals surface area contributed by atoms with Gasteiger partial charge in [-0.3, -0.25) is 4.99 Å². The van der Waals surface area contributed by atoms with Crippen molar-refractivity contribution in [3.63, 3.8) is 0 Å². The summed E-state index contributed by atoms with van der Waals surface area (Å²) in [5, 5.41) is 5.10. The van der Waals surface area contributed by atoms with Gasteiger partial charge >= 0.3 is 0 Å². The predicted octanol–water partition coefficient (Wildman–Crippen LogP) is 4.69. The molecule has 2 nitrogen and oxygen atoms in total. The predicted molar refractivity (Wildman–Crippen MR) is 85.6 cm³/mol. The molecule has 0 fully saturated rings. The van der Waals surface area contributed by atoms with Gasteiger partial charge in [-0.2, -0.15) is 0 Å². The number of thioether (sulfide) groups is 1. The van der Waals surface area contributed by atoms with Gasteiger partial charge in [0.2, 0.25) is 0 Å². The molecule has 1 heterocycles. The van der Waals surface area contributed by atoms with Crippen molar-refractivity contribution in [2.75, 3.05) is 11.9 Å². The average molecular weight is 327 g/mol. The van der Waals surface area contributed by atoms with Crippen LogP contribution in [0.25, 0.3) is 0 Å². The highest BCUT2D eigenvalue weighted by atomic mass is 79.9. The van der Waals surface area contributed by atoms with Gasteiger partial charge in [0.25, 0.3) is 0 Å². The molecule has 1 aliphatic rings. The summed E-state index contributed by atoms with van der Waals surface area (Å²) in [5.41, 5.74) is 2.35. The molecule has 0 aromatic heterocycles. The summed E-state index contributed by atoms with van der Waals surface area (Å²) in [6, 6.07) is 6.34. The number of benzene rings is 1. The van der Waals surface area contributed by atoms with Crippen molar-refractivity contribution in [2.24, 2.45) is 10.9 Å². The Bertz CT molecular complexity index is 437. The van der Waals surface area contributed by atoms with Crippen molar-refractivity contribution in [2.45, 2.75) is 32.4 Å². The van der Waals surface area contributed by atoms with Crippen molar-refractivity contribution >= 4 is 38.5 Å². The third-order valence-electron chi connectivity index (χ3n) is 2.74. The normalized spacial score (nSPS) is 19.2. The van der Waals surface area contributed by atoms with E-state index in [1.807, 2.05) is 11.8 Å². The first-order chi connectivity index (χ1) is 8.52. The fourth-order valence-corrected chi connectivity index (χ4v) is 3.95. The zero-order chi connectivity index (χ0) is 13.1. The second kappa shape index (κ2) is 6.11. The Morgan fingerprint density at radius 1 is 1.44 bits per heavy atom. The number of aliphatic imine (C=N–C) groups is 1. The molecule has 0 radical (unpaired) electrons. The molecular formula is C14H19BrN2S. The molecule has 0 saturated carbocycles. The van der Waals surface area contributed by atoms with Gasteiger partial charge in [0.1, 0.15) is 0 Å². The van der Waals surface area contributed by atoms with Gasteiger partial charge in [0.15, 0.2) is 5.17 Å². The molecule has 1 unspecified atom stereocenters. The van der Waals surface area contributed by atoms with Crippen molar-refractivity contribution in [3.05, 3.63) is 28.2 Å². The fourth-order valence-electron chi connectivity index (χ4n) is 2.07. The SMILES string of the molecule is Cc1cc(Br)cc(NC2=NCC(CC(C)C)S2)c1. The van der Waals surface area contributed by atoms with Crippen LogP contribution in [0.5, 0.6) is 0 Å².